The van der Waals surface area contributed by atoms with Gasteiger partial charge in [0.05, 0.1) is 0 Å². The zero-order chi connectivity index (χ0) is 20.7. The summed E-state index contributed by atoms with van der Waals surface area (Å²) in [4.78, 5) is 28.4. The smallest absolute Gasteiger partial charge is 0.244 e. The van der Waals surface area contributed by atoms with Crippen molar-refractivity contribution in [1.82, 2.24) is 4.90 Å². The summed E-state index contributed by atoms with van der Waals surface area (Å²) in [6, 6.07) is 13.9. The van der Waals surface area contributed by atoms with Crippen LogP contribution in [0.15, 0.2) is 42.5 Å². The van der Waals surface area contributed by atoms with Gasteiger partial charge in [-0.05, 0) is 62.6 Å². The molecule has 0 aliphatic carbocycles. The van der Waals surface area contributed by atoms with E-state index in [4.69, 9.17) is 0 Å². The minimum atomic E-state index is -0.192. The summed E-state index contributed by atoms with van der Waals surface area (Å²) in [5, 5.41) is 2.95. The van der Waals surface area contributed by atoms with Gasteiger partial charge in [0.15, 0.2) is 0 Å². The van der Waals surface area contributed by atoms with Crippen molar-refractivity contribution >= 4 is 23.2 Å². The third-order valence-corrected chi connectivity index (χ3v) is 5.01. The zero-order valence-electron chi connectivity index (χ0n) is 17.6. The van der Waals surface area contributed by atoms with Crippen molar-refractivity contribution in [2.24, 2.45) is 0 Å². The van der Waals surface area contributed by atoms with E-state index in [1.165, 1.54) is 6.92 Å². The SMILES string of the molecule is CCN(CC)c1ccc(NC(=O)CN(Cc2ccccc2C)C(C)=O)c(C)c1. The molecule has 0 atom stereocenters. The molecule has 0 heterocycles. The highest BCUT2D eigenvalue weighted by Crippen LogP contribution is 2.22. The molecule has 2 aromatic rings. The number of benzene rings is 2. The Bertz CT molecular complexity index is 828. The Morgan fingerprint density at radius 1 is 0.964 bits per heavy atom. The molecule has 0 aliphatic rings. The van der Waals surface area contributed by atoms with Crippen molar-refractivity contribution in [3.05, 3.63) is 59.2 Å². The lowest BCUT2D eigenvalue weighted by Gasteiger charge is -2.23. The number of nitrogens with zero attached hydrogens (tertiary/aromatic N) is 2. The molecular formula is C23H31N3O2. The molecule has 5 nitrogen and oxygen atoms in total. The quantitative estimate of drug-likeness (QED) is 0.748. The van der Waals surface area contributed by atoms with Crippen molar-refractivity contribution in [2.45, 2.75) is 41.2 Å². The number of carbonyl (C=O) groups excluding carboxylic acids is 2. The Kier molecular flexibility index (Phi) is 7.61. The van der Waals surface area contributed by atoms with E-state index in [2.05, 4.69) is 30.1 Å². The predicted molar refractivity (Wildman–Crippen MR) is 116 cm³/mol. The molecule has 150 valence electrons. The summed E-state index contributed by atoms with van der Waals surface area (Å²) in [7, 11) is 0. The fraction of sp³-hybridized carbons (Fsp3) is 0.391. The summed E-state index contributed by atoms with van der Waals surface area (Å²) in [5.41, 5.74) is 5.08. The molecule has 1 N–H and O–H groups in total. The number of hydrogen-bond donors (Lipinski definition) is 1. The van der Waals surface area contributed by atoms with Gasteiger partial charge in [0.25, 0.3) is 0 Å². The fourth-order valence-corrected chi connectivity index (χ4v) is 3.21. The normalized spacial score (nSPS) is 10.5. The highest BCUT2D eigenvalue weighted by molar-refractivity contribution is 5.95. The van der Waals surface area contributed by atoms with Crippen LogP contribution in [0.2, 0.25) is 0 Å². The number of carbonyl (C=O) groups is 2. The maximum Gasteiger partial charge on any atom is 0.244 e. The molecule has 2 amide bonds. The minimum Gasteiger partial charge on any atom is -0.372 e. The van der Waals surface area contributed by atoms with Gasteiger partial charge in [0.1, 0.15) is 6.54 Å². The first-order chi connectivity index (χ1) is 13.3. The van der Waals surface area contributed by atoms with E-state index in [0.29, 0.717) is 6.54 Å². The standard InChI is InChI=1S/C23H31N3O2/c1-6-25(7-2)21-12-13-22(18(4)14-21)24-23(28)16-26(19(5)27)15-20-11-9-8-10-17(20)3/h8-14H,6-7,15-16H2,1-5H3,(H,24,28). The summed E-state index contributed by atoms with van der Waals surface area (Å²) in [6.45, 7) is 12.1. The van der Waals surface area contributed by atoms with Crippen molar-refractivity contribution < 1.29 is 9.59 Å². The van der Waals surface area contributed by atoms with Crippen molar-refractivity contribution in [3.63, 3.8) is 0 Å². The van der Waals surface area contributed by atoms with Crippen LogP contribution in [0.4, 0.5) is 11.4 Å². The van der Waals surface area contributed by atoms with Crippen molar-refractivity contribution in [1.29, 1.82) is 0 Å². The average molecular weight is 382 g/mol. The molecule has 0 fully saturated rings. The number of anilines is 2. The lowest BCUT2D eigenvalue weighted by Crippen LogP contribution is -2.36. The van der Waals surface area contributed by atoms with Gasteiger partial charge < -0.3 is 15.1 Å². The number of aryl methyl sites for hydroxylation is 2. The molecule has 2 rings (SSSR count). The van der Waals surface area contributed by atoms with Crippen LogP contribution < -0.4 is 10.2 Å². The maximum absolute atomic E-state index is 12.6. The van der Waals surface area contributed by atoms with Gasteiger partial charge in [0.2, 0.25) is 11.8 Å². The Morgan fingerprint density at radius 3 is 2.21 bits per heavy atom. The van der Waals surface area contributed by atoms with Gasteiger partial charge in [-0.15, -0.1) is 0 Å². The van der Waals surface area contributed by atoms with E-state index in [1.54, 1.807) is 4.90 Å². The van der Waals surface area contributed by atoms with E-state index in [1.807, 2.05) is 50.2 Å². The molecule has 0 aliphatic heterocycles. The Hall–Kier alpha value is -2.82. The molecule has 0 radical (unpaired) electrons. The Morgan fingerprint density at radius 2 is 1.64 bits per heavy atom. The number of nitrogens with one attached hydrogen (secondary N) is 1. The average Bonchev–Trinajstić information content (AvgIpc) is 2.66. The molecule has 0 bridgehead atoms. The number of amides is 2. The lowest BCUT2D eigenvalue weighted by atomic mass is 10.1. The molecule has 0 saturated heterocycles. The number of rotatable bonds is 8. The van der Waals surface area contributed by atoms with Crippen LogP contribution >= 0.6 is 0 Å². The first kappa shape index (κ1) is 21.5. The Labute approximate surface area is 168 Å². The zero-order valence-corrected chi connectivity index (χ0v) is 17.6. The van der Waals surface area contributed by atoms with Crippen LogP contribution in [0, 0.1) is 13.8 Å². The van der Waals surface area contributed by atoms with Crippen molar-refractivity contribution in [2.75, 3.05) is 29.9 Å². The van der Waals surface area contributed by atoms with Gasteiger partial charge >= 0.3 is 0 Å². The van der Waals surface area contributed by atoms with Crippen LogP contribution in [-0.2, 0) is 16.1 Å². The van der Waals surface area contributed by atoms with Gasteiger partial charge in [-0.3, -0.25) is 9.59 Å². The molecule has 0 aromatic heterocycles. The van der Waals surface area contributed by atoms with E-state index in [9.17, 15) is 9.59 Å². The van der Waals surface area contributed by atoms with E-state index < -0.39 is 0 Å². The highest BCUT2D eigenvalue weighted by atomic mass is 16.2. The molecule has 0 unspecified atom stereocenters. The maximum atomic E-state index is 12.6. The molecular weight excluding hydrogens is 350 g/mol. The summed E-state index contributed by atoms with van der Waals surface area (Å²) in [5.74, 6) is -0.311. The Balaban J connectivity index is 2.07. The van der Waals surface area contributed by atoms with E-state index in [-0.39, 0.29) is 18.4 Å². The largest absolute Gasteiger partial charge is 0.372 e. The van der Waals surface area contributed by atoms with E-state index >= 15 is 0 Å². The highest BCUT2D eigenvalue weighted by Gasteiger charge is 2.16. The topological polar surface area (TPSA) is 52.7 Å². The first-order valence-corrected chi connectivity index (χ1v) is 9.81. The van der Waals surface area contributed by atoms with Crippen LogP contribution in [0.1, 0.15) is 37.5 Å². The predicted octanol–water partition coefficient (Wildman–Crippen LogP) is 4.14. The second-order valence-electron chi connectivity index (χ2n) is 7.02. The number of hydrogen-bond acceptors (Lipinski definition) is 3. The molecule has 0 saturated carbocycles. The lowest BCUT2D eigenvalue weighted by molar-refractivity contribution is -0.133. The second-order valence-corrected chi connectivity index (χ2v) is 7.02. The third kappa shape index (κ3) is 5.59. The third-order valence-electron chi connectivity index (χ3n) is 5.01. The summed E-state index contributed by atoms with van der Waals surface area (Å²) in [6.07, 6.45) is 0. The van der Waals surface area contributed by atoms with Gasteiger partial charge in [-0.1, -0.05) is 24.3 Å². The van der Waals surface area contributed by atoms with Crippen LogP contribution in [0.25, 0.3) is 0 Å². The molecule has 28 heavy (non-hydrogen) atoms. The molecule has 0 spiro atoms. The summed E-state index contributed by atoms with van der Waals surface area (Å²) < 4.78 is 0. The summed E-state index contributed by atoms with van der Waals surface area (Å²) >= 11 is 0. The van der Waals surface area contributed by atoms with Gasteiger partial charge in [-0.25, -0.2) is 0 Å². The molecule has 2 aromatic carbocycles. The fourth-order valence-electron chi connectivity index (χ4n) is 3.21. The van der Waals surface area contributed by atoms with Gasteiger partial charge in [0, 0.05) is 37.9 Å². The van der Waals surface area contributed by atoms with Crippen LogP contribution in [0.5, 0.6) is 0 Å². The monoisotopic (exact) mass is 381 g/mol. The molecule has 5 heteroatoms. The van der Waals surface area contributed by atoms with Crippen molar-refractivity contribution in [3.8, 4) is 0 Å². The second kappa shape index (κ2) is 9.93. The first-order valence-electron chi connectivity index (χ1n) is 9.81. The van der Waals surface area contributed by atoms with Crippen LogP contribution in [0.3, 0.4) is 0 Å². The minimum absolute atomic E-state index is 0.0287. The van der Waals surface area contributed by atoms with E-state index in [0.717, 1.165) is 41.2 Å². The van der Waals surface area contributed by atoms with Crippen LogP contribution in [-0.4, -0.2) is 36.3 Å². The van der Waals surface area contributed by atoms with Gasteiger partial charge in [-0.2, -0.15) is 0 Å².